The van der Waals surface area contributed by atoms with E-state index in [2.05, 4.69) is 10.4 Å². The highest BCUT2D eigenvalue weighted by molar-refractivity contribution is 5.88. The zero-order valence-electron chi connectivity index (χ0n) is 14.9. The number of ether oxygens (including phenoxy) is 1. The van der Waals surface area contributed by atoms with Crippen LogP contribution in [-0.2, 0) is 11.3 Å². The number of aromatic nitrogens is 3. The average Bonchev–Trinajstić information content (AvgIpc) is 2.98. The number of hydrogen-bond acceptors (Lipinski definition) is 4. The molecular formula is C18H22N4O3. The smallest absolute Gasteiger partial charge is 0.291 e. The summed E-state index contributed by atoms with van der Waals surface area (Å²) in [4.78, 5) is 24.9. The molecule has 0 aliphatic heterocycles. The van der Waals surface area contributed by atoms with Crippen LogP contribution in [0.5, 0.6) is 5.75 Å². The number of hydrogen-bond donors (Lipinski definition) is 1. The van der Waals surface area contributed by atoms with Gasteiger partial charge in [0.2, 0.25) is 5.91 Å². The molecule has 0 saturated carbocycles. The molecule has 0 spiro atoms. The van der Waals surface area contributed by atoms with Crippen molar-refractivity contribution in [3.05, 3.63) is 40.4 Å². The molecule has 7 heteroatoms. The summed E-state index contributed by atoms with van der Waals surface area (Å²) in [5.74, 6) is 1.15. The third kappa shape index (κ3) is 3.09. The van der Waals surface area contributed by atoms with E-state index in [0.717, 1.165) is 23.1 Å². The van der Waals surface area contributed by atoms with Crippen molar-refractivity contribution in [2.45, 2.75) is 39.8 Å². The van der Waals surface area contributed by atoms with Crippen molar-refractivity contribution >= 4 is 22.3 Å². The number of rotatable bonds is 5. The molecule has 7 nitrogen and oxygen atoms in total. The molecule has 0 aliphatic rings. The van der Waals surface area contributed by atoms with Gasteiger partial charge in [-0.15, -0.1) is 0 Å². The van der Waals surface area contributed by atoms with Crippen LogP contribution in [0.15, 0.2) is 29.1 Å². The molecule has 2 heterocycles. The predicted molar refractivity (Wildman–Crippen MR) is 96.1 cm³/mol. The Morgan fingerprint density at radius 3 is 2.76 bits per heavy atom. The van der Waals surface area contributed by atoms with Crippen molar-refractivity contribution in [3.63, 3.8) is 0 Å². The van der Waals surface area contributed by atoms with E-state index in [1.54, 1.807) is 17.6 Å². The topological polar surface area (TPSA) is 77.6 Å². The molecule has 0 aliphatic carbocycles. The van der Waals surface area contributed by atoms with Gasteiger partial charge >= 0.3 is 0 Å². The summed E-state index contributed by atoms with van der Waals surface area (Å²) in [5.41, 5.74) is 1.08. The van der Waals surface area contributed by atoms with Crippen LogP contribution in [0.1, 0.15) is 26.1 Å². The van der Waals surface area contributed by atoms with Crippen LogP contribution >= 0.6 is 0 Å². The van der Waals surface area contributed by atoms with Gasteiger partial charge in [0, 0.05) is 11.4 Å². The van der Waals surface area contributed by atoms with E-state index < -0.39 is 0 Å². The molecule has 0 radical (unpaired) electrons. The first kappa shape index (κ1) is 17.0. The Balaban J connectivity index is 2.08. The highest BCUT2D eigenvalue weighted by atomic mass is 16.5. The van der Waals surface area contributed by atoms with E-state index in [0.29, 0.717) is 11.3 Å². The summed E-state index contributed by atoms with van der Waals surface area (Å²) in [6, 6.07) is 7.49. The molecule has 0 fully saturated rings. The molecule has 1 atom stereocenters. The lowest BCUT2D eigenvalue weighted by atomic mass is 10.2. The molecule has 3 aromatic rings. The van der Waals surface area contributed by atoms with Crippen LogP contribution in [-0.4, -0.2) is 33.2 Å². The zero-order valence-corrected chi connectivity index (χ0v) is 14.9. The second-order valence-electron chi connectivity index (χ2n) is 6.18. The molecule has 25 heavy (non-hydrogen) atoms. The van der Waals surface area contributed by atoms with Gasteiger partial charge < -0.3 is 10.1 Å². The summed E-state index contributed by atoms with van der Waals surface area (Å²) in [7, 11) is 1.60. The average molecular weight is 342 g/mol. The lowest BCUT2D eigenvalue weighted by Crippen LogP contribution is -2.38. The standard InChI is InChI=1S/C18H22N4O3/c1-5-11(2)19-17(23)10-21-18(24)16-9-13-8-14(25-4)6-7-15(13)22(16)12(3)20-21/h6-9,11H,5,10H2,1-4H3,(H,19,23)/t11-/m0/s1. The van der Waals surface area contributed by atoms with Crippen molar-refractivity contribution in [1.82, 2.24) is 19.5 Å². The number of methoxy groups -OCH3 is 1. The lowest BCUT2D eigenvalue weighted by molar-refractivity contribution is -0.122. The fourth-order valence-corrected chi connectivity index (χ4v) is 2.89. The number of nitrogens with zero attached hydrogens (tertiary/aromatic N) is 3. The fraction of sp³-hybridized carbons (Fsp3) is 0.389. The normalized spacial score (nSPS) is 12.5. The fourth-order valence-electron chi connectivity index (χ4n) is 2.89. The van der Waals surface area contributed by atoms with Crippen LogP contribution in [0.4, 0.5) is 0 Å². The molecule has 0 unspecified atom stereocenters. The Bertz CT molecular complexity index is 1000. The minimum Gasteiger partial charge on any atom is -0.497 e. The maximum Gasteiger partial charge on any atom is 0.291 e. The molecule has 2 aromatic heterocycles. The van der Waals surface area contributed by atoms with Gasteiger partial charge in [0.15, 0.2) is 0 Å². The minimum absolute atomic E-state index is 0.0661. The number of fused-ring (bicyclic) bond motifs is 3. The number of carbonyl (C=O) groups excluding carboxylic acids is 1. The van der Waals surface area contributed by atoms with E-state index >= 15 is 0 Å². The highest BCUT2D eigenvalue weighted by Crippen LogP contribution is 2.24. The van der Waals surface area contributed by atoms with Crippen molar-refractivity contribution in [2.24, 2.45) is 0 Å². The Labute approximate surface area is 145 Å². The third-order valence-electron chi connectivity index (χ3n) is 4.36. The summed E-state index contributed by atoms with van der Waals surface area (Å²) >= 11 is 0. The Hall–Kier alpha value is -2.83. The van der Waals surface area contributed by atoms with E-state index in [1.165, 1.54) is 4.68 Å². The van der Waals surface area contributed by atoms with Gasteiger partial charge in [0.05, 0.1) is 12.6 Å². The van der Waals surface area contributed by atoms with Crippen molar-refractivity contribution < 1.29 is 9.53 Å². The first-order valence-corrected chi connectivity index (χ1v) is 8.31. The van der Waals surface area contributed by atoms with Gasteiger partial charge in [0.25, 0.3) is 5.56 Å². The number of carbonyl (C=O) groups is 1. The third-order valence-corrected chi connectivity index (χ3v) is 4.36. The molecule has 0 saturated heterocycles. The van der Waals surface area contributed by atoms with E-state index in [9.17, 15) is 9.59 Å². The summed E-state index contributed by atoms with van der Waals surface area (Å²) < 4.78 is 8.27. The second-order valence-corrected chi connectivity index (χ2v) is 6.18. The highest BCUT2D eigenvalue weighted by Gasteiger charge is 2.15. The van der Waals surface area contributed by atoms with Gasteiger partial charge in [-0.05, 0) is 44.5 Å². The monoisotopic (exact) mass is 342 g/mol. The second kappa shape index (κ2) is 6.58. The number of benzene rings is 1. The molecule has 0 bridgehead atoms. The molecule has 1 amide bonds. The van der Waals surface area contributed by atoms with Gasteiger partial charge in [-0.25, -0.2) is 4.68 Å². The van der Waals surface area contributed by atoms with Gasteiger partial charge in [-0.3, -0.25) is 14.0 Å². The Morgan fingerprint density at radius 2 is 2.08 bits per heavy atom. The van der Waals surface area contributed by atoms with Crippen molar-refractivity contribution in [2.75, 3.05) is 7.11 Å². The summed E-state index contributed by atoms with van der Waals surface area (Å²) in [6.07, 6.45) is 0.831. The van der Waals surface area contributed by atoms with Crippen LogP contribution < -0.4 is 15.6 Å². The van der Waals surface area contributed by atoms with E-state index in [-0.39, 0.29) is 24.1 Å². The van der Waals surface area contributed by atoms with Crippen LogP contribution in [0, 0.1) is 6.92 Å². The maximum absolute atomic E-state index is 12.8. The van der Waals surface area contributed by atoms with Gasteiger partial charge in [0.1, 0.15) is 23.6 Å². The van der Waals surface area contributed by atoms with Crippen LogP contribution in [0.2, 0.25) is 0 Å². The van der Waals surface area contributed by atoms with Gasteiger partial charge in [-0.1, -0.05) is 6.92 Å². The number of aryl methyl sites for hydroxylation is 1. The largest absolute Gasteiger partial charge is 0.497 e. The van der Waals surface area contributed by atoms with E-state index in [4.69, 9.17) is 4.74 Å². The minimum atomic E-state index is -0.292. The van der Waals surface area contributed by atoms with Crippen molar-refractivity contribution in [1.29, 1.82) is 0 Å². The quantitative estimate of drug-likeness (QED) is 0.768. The number of nitrogens with one attached hydrogen (secondary N) is 1. The Kier molecular flexibility index (Phi) is 4.48. The summed E-state index contributed by atoms with van der Waals surface area (Å²) in [5, 5.41) is 8.06. The van der Waals surface area contributed by atoms with Crippen molar-refractivity contribution in [3.8, 4) is 5.75 Å². The van der Waals surface area contributed by atoms with E-state index in [1.807, 2.05) is 39.0 Å². The zero-order chi connectivity index (χ0) is 18.1. The predicted octanol–water partition coefficient (Wildman–Crippen LogP) is 1.88. The number of amides is 1. The van der Waals surface area contributed by atoms with Crippen LogP contribution in [0.3, 0.4) is 0 Å². The summed E-state index contributed by atoms with van der Waals surface area (Å²) in [6.45, 7) is 5.65. The first-order chi connectivity index (χ1) is 11.9. The maximum atomic E-state index is 12.8. The molecule has 1 aromatic carbocycles. The molecular weight excluding hydrogens is 320 g/mol. The molecule has 1 N–H and O–H groups in total. The SMILES string of the molecule is CC[C@H](C)NC(=O)Cn1nc(C)n2c(cc3cc(OC)ccc32)c1=O. The molecule has 3 rings (SSSR count). The lowest BCUT2D eigenvalue weighted by Gasteiger charge is -2.12. The Morgan fingerprint density at radius 1 is 1.32 bits per heavy atom. The first-order valence-electron chi connectivity index (χ1n) is 8.31. The van der Waals surface area contributed by atoms with Crippen LogP contribution in [0.25, 0.3) is 16.4 Å². The van der Waals surface area contributed by atoms with Gasteiger partial charge in [-0.2, -0.15) is 5.10 Å². The molecule has 132 valence electrons.